The Labute approximate surface area is 83.1 Å². The lowest BCUT2D eigenvalue weighted by Gasteiger charge is -1.88. The van der Waals surface area contributed by atoms with E-state index in [1.807, 2.05) is 6.92 Å². The van der Waals surface area contributed by atoms with Gasteiger partial charge in [0.1, 0.15) is 11.4 Å². The Morgan fingerprint density at radius 3 is 2.77 bits per heavy atom. The van der Waals surface area contributed by atoms with E-state index in [9.17, 15) is 4.79 Å². The van der Waals surface area contributed by atoms with Gasteiger partial charge in [-0.3, -0.25) is 4.79 Å². The van der Waals surface area contributed by atoms with Crippen LogP contribution in [0.5, 0.6) is 0 Å². The third kappa shape index (κ3) is 1.66. The lowest BCUT2D eigenvalue weighted by molar-refractivity contribution is 0.103. The first-order chi connectivity index (χ1) is 6.27. The summed E-state index contributed by atoms with van der Waals surface area (Å²) in [6, 6.07) is 0. The zero-order valence-corrected chi connectivity index (χ0v) is 8.48. The van der Waals surface area contributed by atoms with Crippen molar-refractivity contribution >= 4 is 28.5 Å². The number of aryl methyl sites for hydroxylation is 1. The van der Waals surface area contributed by atoms with Crippen molar-refractivity contribution in [1.29, 1.82) is 0 Å². The van der Waals surface area contributed by atoms with E-state index in [-0.39, 0.29) is 5.78 Å². The lowest BCUT2D eigenvalue weighted by Crippen LogP contribution is -2.01. The standard InChI is InChI=1S/C8H6N2OS2/c1-5-10-7(3-13-5)8(11)6-2-12-4-9-6/h2-4H,1H3. The minimum absolute atomic E-state index is 0.0920. The fourth-order valence-corrected chi connectivity index (χ4v) is 2.05. The summed E-state index contributed by atoms with van der Waals surface area (Å²) in [6.45, 7) is 1.88. The summed E-state index contributed by atoms with van der Waals surface area (Å²) in [5.41, 5.74) is 2.62. The number of nitrogens with zero attached hydrogens (tertiary/aromatic N) is 2. The fraction of sp³-hybridized carbons (Fsp3) is 0.125. The maximum Gasteiger partial charge on any atom is 0.231 e. The molecule has 0 aliphatic carbocycles. The van der Waals surface area contributed by atoms with Crippen molar-refractivity contribution in [2.24, 2.45) is 0 Å². The molecule has 0 aromatic carbocycles. The minimum Gasteiger partial charge on any atom is -0.285 e. The molecule has 2 rings (SSSR count). The molecule has 0 N–H and O–H groups in total. The first-order valence-electron chi connectivity index (χ1n) is 3.62. The predicted octanol–water partition coefficient (Wildman–Crippen LogP) is 2.14. The number of hydrogen-bond acceptors (Lipinski definition) is 5. The molecule has 0 saturated heterocycles. The summed E-state index contributed by atoms with van der Waals surface area (Å²) in [5.74, 6) is -0.0920. The third-order valence-electron chi connectivity index (χ3n) is 1.52. The average molecular weight is 210 g/mol. The maximum absolute atomic E-state index is 11.6. The number of ketones is 1. The van der Waals surface area contributed by atoms with Gasteiger partial charge >= 0.3 is 0 Å². The smallest absolute Gasteiger partial charge is 0.231 e. The van der Waals surface area contributed by atoms with Crippen LogP contribution in [0, 0.1) is 6.92 Å². The van der Waals surface area contributed by atoms with Gasteiger partial charge in [0.2, 0.25) is 5.78 Å². The van der Waals surface area contributed by atoms with Crippen LogP contribution in [-0.2, 0) is 0 Å². The number of aromatic nitrogens is 2. The quantitative estimate of drug-likeness (QED) is 0.713. The Balaban J connectivity index is 2.33. The van der Waals surface area contributed by atoms with E-state index in [1.54, 1.807) is 16.3 Å². The number of hydrogen-bond donors (Lipinski definition) is 0. The Morgan fingerprint density at radius 1 is 1.38 bits per heavy atom. The SMILES string of the molecule is Cc1nc(C(=O)c2cscn2)cs1. The average Bonchev–Trinajstić information content (AvgIpc) is 2.72. The predicted molar refractivity (Wildman–Crippen MR) is 52.4 cm³/mol. The van der Waals surface area contributed by atoms with Crippen LogP contribution in [0.15, 0.2) is 16.3 Å². The molecule has 2 heterocycles. The van der Waals surface area contributed by atoms with Crippen LogP contribution in [0.25, 0.3) is 0 Å². The van der Waals surface area contributed by atoms with Gasteiger partial charge in [-0.05, 0) is 6.92 Å². The van der Waals surface area contributed by atoms with E-state index in [0.29, 0.717) is 11.4 Å². The Bertz CT molecular complexity index is 419. The molecule has 2 aromatic rings. The number of carbonyl (C=O) groups is 1. The van der Waals surface area contributed by atoms with Gasteiger partial charge in [0.05, 0.1) is 10.5 Å². The summed E-state index contributed by atoms with van der Waals surface area (Å²) in [5, 5.41) is 4.40. The highest BCUT2D eigenvalue weighted by molar-refractivity contribution is 7.09. The minimum atomic E-state index is -0.0920. The lowest BCUT2D eigenvalue weighted by atomic mass is 10.2. The second kappa shape index (κ2) is 3.35. The van der Waals surface area contributed by atoms with Crippen molar-refractivity contribution < 1.29 is 4.79 Å². The van der Waals surface area contributed by atoms with Crippen molar-refractivity contribution in [3.63, 3.8) is 0 Å². The zero-order valence-electron chi connectivity index (χ0n) is 6.85. The van der Waals surface area contributed by atoms with Crippen LogP contribution in [0.1, 0.15) is 21.2 Å². The highest BCUT2D eigenvalue weighted by atomic mass is 32.1. The van der Waals surface area contributed by atoms with Gasteiger partial charge in [0, 0.05) is 10.8 Å². The second-order valence-electron chi connectivity index (χ2n) is 2.45. The molecule has 2 aromatic heterocycles. The first-order valence-corrected chi connectivity index (χ1v) is 5.44. The Hall–Kier alpha value is -1.07. The van der Waals surface area contributed by atoms with Gasteiger partial charge in [-0.15, -0.1) is 22.7 Å². The molecule has 0 unspecified atom stereocenters. The van der Waals surface area contributed by atoms with Crippen LogP contribution in [-0.4, -0.2) is 15.8 Å². The van der Waals surface area contributed by atoms with Gasteiger partial charge in [-0.1, -0.05) is 0 Å². The molecule has 5 heteroatoms. The van der Waals surface area contributed by atoms with Gasteiger partial charge in [0.15, 0.2) is 0 Å². The summed E-state index contributed by atoms with van der Waals surface area (Å²) in [7, 11) is 0. The van der Waals surface area contributed by atoms with Crippen molar-refractivity contribution in [2.45, 2.75) is 6.92 Å². The van der Waals surface area contributed by atoms with Crippen LogP contribution >= 0.6 is 22.7 Å². The highest BCUT2D eigenvalue weighted by Crippen LogP contribution is 2.13. The van der Waals surface area contributed by atoms with Crippen molar-refractivity contribution in [3.8, 4) is 0 Å². The van der Waals surface area contributed by atoms with Gasteiger partial charge in [-0.2, -0.15) is 0 Å². The topological polar surface area (TPSA) is 42.9 Å². The van der Waals surface area contributed by atoms with E-state index in [4.69, 9.17) is 0 Å². The van der Waals surface area contributed by atoms with E-state index in [2.05, 4.69) is 9.97 Å². The molecule has 0 fully saturated rings. The van der Waals surface area contributed by atoms with Crippen LogP contribution in [0.4, 0.5) is 0 Å². The first kappa shape index (κ1) is 8.52. The molecular weight excluding hydrogens is 204 g/mol. The number of carbonyl (C=O) groups excluding carboxylic acids is 1. The van der Waals surface area contributed by atoms with Crippen molar-refractivity contribution in [2.75, 3.05) is 0 Å². The third-order valence-corrected chi connectivity index (χ3v) is 2.88. The van der Waals surface area contributed by atoms with E-state index < -0.39 is 0 Å². The van der Waals surface area contributed by atoms with Crippen LogP contribution in [0.3, 0.4) is 0 Å². The molecule has 3 nitrogen and oxygen atoms in total. The molecule has 0 bridgehead atoms. The van der Waals surface area contributed by atoms with Crippen molar-refractivity contribution in [3.05, 3.63) is 32.7 Å². The van der Waals surface area contributed by atoms with Gasteiger partial charge < -0.3 is 0 Å². The highest BCUT2D eigenvalue weighted by Gasteiger charge is 2.13. The molecule has 0 aliphatic heterocycles. The van der Waals surface area contributed by atoms with Gasteiger partial charge in [-0.25, -0.2) is 9.97 Å². The fourth-order valence-electron chi connectivity index (χ4n) is 0.924. The van der Waals surface area contributed by atoms with E-state index >= 15 is 0 Å². The number of thiazole rings is 2. The number of rotatable bonds is 2. The molecular formula is C8H6N2OS2. The Morgan fingerprint density at radius 2 is 2.23 bits per heavy atom. The summed E-state index contributed by atoms with van der Waals surface area (Å²) in [6.07, 6.45) is 0. The molecule has 0 amide bonds. The van der Waals surface area contributed by atoms with Crippen molar-refractivity contribution in [1.82, 2.24) is 9.97 Å². The summed E-state index contributed by atoms with van der Waals surface area (Å²) in [4.78, 5) is 19.6. The summed E-state index contributed by atoms with van der Waals surface area (Å²) >= 11 is 2.89. The Kier molecular flexibility index (Phi) is 2.20. The van der Waals surface area contributed by atoms with Gasteiger partial charge in [0.25, 0.3) is 0 Å². The van der Waals surface area contributed by atoms with E-state index in [0.717, 1.165) is 5.01 Å². The molecule has 66 valence electrons. The normalized spacial score (nSPS) is 10.2. The molecule has 13 heavy (non-hydrogen) atoms. The summed E-state index contributed by atoms with van der Waals surface area (Å²) < 4.78 is 0. The van der Waals surface area contributed by atoms with E-state index in [1.165, 1.54) is 22.7 Å². The molecule has 0 aliphatic rings. The molecule has 0 saturated carbocycles. The monoisotopic (exact) mass is 210 g/mol. The zero-order chi connectivity index (χ0) is 9.26. The molecule has 0 atom stereocenters. The second-order valence-corrected chi connectivity index (χ2v) is 4.24. The molecule has 0 spiro atoms. The maximum atomic E-state index is 11.6. The largest absolute Gasteiger partial charge is 0.285 e. The van der Waals surface area contributed by atoms with Crippen LogP contribution < -0.4 is 0 Å². The molecule has 0 radical (unpaired) electrons. The van der Waals surface area contributed by atoms with Crippen LogP contribution in [0.2, 0.25) is 0 Å².